The van der Waals surface area contributed by atoms with Crippen molar-refractivity contribution in [2.24, 2.45) is 5.92 Å². The lowest BCUT2D eigenvalue weighted by Crippen LogP contribution is -2.58. The van der Waals surface area contributed by atoms with Crippen molar-refractivity contribution in [1.82, 2.24) is 5.23 Å². The fourth-order valence-corrected chi connectivity index (χ4v) is 2.14. The van der Waals surface area contributed by atoms with Gasteiger partial charge in [-0.25, -0.2) is 9.68 Å². The molecule has 0 aromatic carbocycles. The van der Waals surface area contributed by atoms with Gasteiger partial charge >= 0.3 is 0 Å². The normalized spacial score (nSPS) is 47.1. The average molecular weight is 155 g/mol. The van der Waals surface area contributed by atoms with Crippen LogP contribution in [0.15, 0.2) is 0 Å². The van der Waals surface area contributed by atoms with Crippen LogP contribution in [0, 0.1) is 5.92 Å². The Labute approximate surface area is 64.0 Å². The molecule has 0 aromatic heterocycles. The number of carbonyl (C=O) groups excluding carboxylic acids is 1. The number of amides is 1. The maximum absolute atomic E-state index is 11.2. The fraction of sp³-hybridized carbons (Fsp3) is 0.857. The average Bonchev–Trinajstić information content (AvgIpc) is 1.98. The first kappa shape index (κ1) is 5.97. The number of carbonyl (C=O) groups is 1. The van der Waals surface area contributed by atoms with Crippen LogP contribution in [0.1, 0.15) is 19.3 Å². The Morgan fingerprint density at radius 1 is 1.18 bits per heavy atom. The first-order chi connectivity index (χ1) is 5.33. The molecule has 4 heteroatoms. The van der Waals surface area contributed by atoms with Crippen LogP contribution in [0.25, 0.3) is 0 Å². The Hall–Kier alpha value is -0.610. The van der Waals surface area contributed by atoms with Gasteiger partial charge in [0.15, 0.2) is 0 Å². The maximum Gasteiger partial charge on any atom is 0.276 e. The van der Waals surface area contributed by atoms with Gasteiger partial charge in [0.2, 0.25) is 0 Å². The van der Waals surface area contributed by atoms with E-state index in [0.29, 0.717) is 0 Å². The first-order valence-corrected chi connectivity index (χ1v) is 4.00. The van der Waals surface area contributed by atoms with E-state index in [1.807, 2.05) is 0 Å². The molecule has 1 aliphatic carbocycles. The quantitative estimate of drug-likeness (QED) is 0.503. The molecule has 3 saturated heterocycles. The van der Waals surface area contributed by atoms with E-state index in [0.717, 1.165) is 24.5 Å². The summed E-state index contributed by atoms with van der Waals surface area (Å²) in [7, 11) is 0. The van der Waals surface area contributed by atoms with Crippen molar-refractivity contribution in [3.05, 3.63) is 0 Å². The minimum absolute atomic E-state index is 0.0113. The van der Waals surface area contributed by atoms with Crippen molar-refractivity contribution < 1.29 is 14.5 Å². The Balaban J connectivity index is 1.96. The van der Waals surface area contributed by atoms with E-state index in [1.165, 1.54) is 0 Å². The molecule has 60 valence electrons. The van der Waals surface area contributed by atoms with E-state index in [1.54, 1.807) is 0 Å². The van der Waals surface area contributed by atoms with Gasteiger partial charge in [0.05, 0.1) is 12.2 Å². The van der Waals surface area contributed by atoms with Gasteiger partial charge in [-0.1, -0.05) is 5.23 Å². The Morgan fingerprint density at radius 3 is 2.36 bits per heavy atom. The molecule has 1 amide bonds. The van der Waals surface area contributed by atoms with E-state index in [-0.39, 0.29) is 24.0 Å². The van der Waals surface area contributed by atoms with E-state index in [9.17, 15) is 4.79 Å². The minimum Gasteiger partial charge on any atom is -0.270 e. The molecule has 3 aliphatic heterocycles. The molecule has 2 atom stereocenters. The Kier molecular flexibility index (Phi) is 0.954. The van der Waals surface area contributed by atoms with Crippen LogP contribution >= 0.6 is 0 Å². The third-order valence-corrected chi connectivity index (χ3v) is 2.64. The third-order valence-electron chi connectivity index (χ3n) is 2.64. The van der Waals surface area contributed by atoms with E-state index >= 15 is 0 Å². The topological polar surface area (TPSA) is 38.8 Å². The molecule has 0 N–H and O–H groups in total. The highest BCUT2D eigenvalue weighted by Crippen LogP contribution is 2.40. The summed E-state index contributed by atoms with van der Waals surface area (Å²) in [4.78, 5) is 21.6. The summed E-state index contributed by atoms with van der Waals surface area (Å²) in [5.74, 6) is 0.193. The summed E-state index contributed by atoms with van der Waals surface area (Å²) < 4.78 is 0. The number of rotatable bonds is 0. The molecule has 4 rings (SSSR count). The van der Waals surface area contributed by atoms with Crippen molar-refractivity contribution in [2.75, 3.05) is 0 Å². The SMILES string of the molecule is O=C1C2CC3CC(C2)ON1O3. The van der Waals surface area contributed by atoms with Crippen LogP contribution in [0.2, 0.25) is 0 Å². The summed E-state index contributed by atoms with van der Waals surface area (Å²) in [6.45, 7) is 0. The molecule has 3 heterocycles. The predicted octanol–water partition coefficient (Wildman–Crippen LogP) is 0.243. The zero-order chi connectivity index (χ0) is 7.42. The van der Waals surface area contributed by atoms with Crippen molar-refractivity contribution in [1.29, 1.82) is 0 Å². The Bertz CT molecular complexity index is 186. The van der Waals surface area contributed by atoms with Crippen molar-refractivity contribution in [3.63, 3.8) is 0 Å². The summed E-state index contributed by atoms with van der Waals surface area (Å²) in [6.07, 6.45) is 3.24. The van der Waals surface area contributed by atoms with Gasteiger partial charge in [0.1, 0.15) is 0 Å². The monoisotopic (exact) mass is 155 g/mol. The third kappa shape index (κ3) is 0.684. The van der Waals surface area contributed by atoms with E-state index in [2.05, 4.69) is 0 Å². The van der Waals surface area contributed by atoms with Crippen molar-refractivity contribution >= 4 is 5.91 Å². The summed E-state index contributed by atoms with van der Waals surface area (Å²) in [5.41, 5.74) is 0. The van der Waals surface area contributed by atoms with Gasteiger partial charge in [-0.3, -0.25) is 4.79 Å². The second-order valence-electron chi connectivity index (χ2n) is 3.45. The molecule has 1 saturated carbocycles. The number of hydrogen-bond donors (Lipinski definition) is 0. The lowest BCUT2D eigenvalue weighted by Gasteiger charge is -2.48. The number of hydrogen-bond acceptors (Lipinski definition) is 3. The van der Waals surface area contributed by atoms with Crippen LogP contribution in [0.3, 0.4) is 0 Å². The second kappa shape index (κ2) is 1.76. The summed E-state index contributed by atoms with van der Waals surface area (Å²) in [6, 6.07) is 0. The largest absolute Gasteiger partial charge is 0.276 e. The first-order valence-electron chi connectivity index (χ1n) is 4.00. The molecular formula is C7H9NO3. The maximum atomic E-state index is 11.2. The van der Waals surface area contributed by atoms with E-state index in [4.69, 9.17) is 9.68 Å². The molecule has 0 spiro atoms. The van der Waals surface area contributed by atoms with Crippen LogP contribution in [-0.4, -0.2) is 23.3 Å². The second-order valence-corrected chi connectivity index (χ2v) is 3.45. The van der Waals surface area contributed by atoms with E-state index < -0.39 is 0 Å². The molecular weight excluding hydrogens is 146 g/mol. The lowest BCUT2D eigenvalue weighted by atomic mass is 9.83. The van der Waals surface area contributed by atoms with Gasteiger partial charge in [0.25, 0.3) is 5.91 Å². The summed E-state index contributed by atoms with van der Waals surface area (Å²) in [5, 5.41) is 1.09. The van der Waals surface area contributed by atoms with Crippen LogP contribution in [0.5, 0.6) is 0 Å². The zero-order valence-electron chi connectivity index (χ0n) is 6.03. The van der Waals surface area contributed by atoms with Crippen molar-refractivity contribution in [3.8, 4) is 0 Å². The molecule has 4 bridgehead atoms. The van der Waals surface area contributed by atoms with Crippen molar-refractivity contribution in [2.45, 2.75) is 31.5 Å². The molecule has 0 radical (unpaired) electrons. The molecule has 11 heavy (non-hydrogen) atoms. The standard InChI is InChI=1S/C7H9NO3/c9-7-4-1-5-3-6(2-4)11-8(7)10-5/h4-6H,1-3H2. The highest BCUT2D eigenvalue weighted by atomic mass is 17.0. The molecule has 4 aliphatic rings. The van der Waals surface area contributed by atoms with Gasteiger partial charge in [-0.05, 0) is 12.8 Å². The molecule has 0 aromatic rings. The predicted molar refractivity (Wildman–Crippen MR) is 33.9 cm³/mol. The molecule has 4 fully saturated rings. The highest BCUT2D eigenvalue weighted by molar-refractivity contribution is 5.78. The number of nitrogens with zero attached hydrogens (tertiary/aromatic N) is 1. The van der Waals surface area contributed by atoms with Crippen LogP contribution in [0.4, 0.5) is 0 Å². The molecule has 4 nitrogen and oxygen atoms in total. The van der Waals surface area contributed by atoms with Gasteiger partial charge < -0.3 is 0 Å². The highest BCUT2D eigenvalue weighted by Gasteiger charge is 2.49. The minimum atomic E-state index is 0.0113. The fourth-order valence-electron chi connectivity index (χ4n) is 2.14. The van der Waals surface area contributed by atoms with Gasteiger partial charge in [-0.15, -0.1) is 0 Å². The Morgan fingerprint density at radius 2 is 1.82 bits per heavy atom. The smallest absolute Gasteiger partial charge is 0.270 e. The van der Waals surface area contributed by atoms with Gasteiger partial charge in [0, 0.05) is 12.3 Å². The van der Waals surface area contributed by atoms with Gasteiger partial charge in [-0.2, -0.15) is 0 Å². The number of hydroxylamine groups is 2. The lowest BCUT2D eigenvalue weighted by molar-refractivity contribution is -0.438. The summed E-state index contributed by atoms with van der Waals surface area (Å²) >= 11 is 0. The van der Waals surface area contributed by atoms with Crippen LogP contribution in [-0.2, 0) is 14.5 Å². The zero-order valence-corrected chi connectivity index (χ0v) is 6.03. The van der Waals surface area contributed by atoms with Crippen LogP contribution < -0.4 is 0 Å². The molecule has 2 unspecified atom stereocenters.